The molecule has 1 heterocycles. The van der Waals surface area contributed by atoms with E-state index in [1.165, 1.54) is 18.2 Å². The van der Waals surface area contributed by atoms with Gasteiger partial charge in [0.2, 0.25) is 11.6 Å². The monoisotopic (exact) mass is 342 g/mol. The fourth-order valence-electron chi connectivity index (χ4n) is 1.44. The Bertz CT molecular complexity index is 649. The number of aryl methyl sites for hydroxylation is 1. The average Bonchev–Trinajstić information content (AvgIpc) is 2.34. The van der Waals surface area contributed by atoms with E-state index in [0.717, 1.165) is 5.56 Å². The zero-order valence-electron chi connectivity index (χ0n) is 9.76. The summed E-state index contributed by atoms with van der Waals surface area (Å²) in [5.74, 6) is 0.202. The van der Waals surface area contributed by atoms with Gasteiger partial charge < -0.3 is 4.74 Å². The Morgan fingerprint density at radius 3 is 2.84 bits per heavy atom. The lowest BCUT2D eigenvalue weighted by molar-refractivity contribution is -0.385. The van der Waals surface area contributed by atoms with Crippen LogP contribution in [0.15, 0.2) is 34.9 Å². The fourth-order valence-corrected chi connectivity index (χ4v) is 2.19. The SMILES string of the molecule is Cc1cnc(Oc2c(Cl)cccc2[N+](=O)[O-])c(Br)c1. The van der Waals surface area contributed by atoms with Crippen molar-refractivity contribution in [3.8, 4) is 11.6 Å². The summed E-state index contributed by atoms with van der Waals surface area (Å²) >= 11 is 9.22. The van der Waals surface area contributed by atoms with Crippen LogP contribution in [-0.4, -0.2) is 9.91 Å². The molecule has 0 aliphatic carbocycles. The molecule has 0 saturated heterocycles. The molecule has 1 aromatic carbocycles. The molecule has 0 atom stereocenters. The Hall–Kier alpha value is -1.66. The molecule has 0 unspecified atom stereocenters. The predicted molar refractivity (Wildman–Crippen MR) is 74.9 cm³/mol. The molecule has 19 heavy (non-hydrogen) atoms. The number of benzene rings is 1. The predicted octanol–water partition coefficient (Wildman–Crippen LogP) is 4.51. The van der Waals surface area contributed by atoms with Crippen LogP contribution >= 0.6 is 27.5 Å². The molecule has 0 aliphatic rings. The van der Waals surface area contributed by atoms with Crippen LogP contribution in [-0.2, 0) is 0 Å². The van der Waals surface area contributed by atoms with Crippen LogP contribution in [0.5, 0.6) is 11.6 Å². The van der Waals surface area contributed by atoms with Gasteiger partial charge in [0.1, 0.15) is 0 Å². The summed E-state index contributed by atoms with van der Waals surface area (Å²) in [6, 6.07) is 6.13. The molecule has 0 spiro atoms. The number of rotatable bonds is 3. The molecule has 0 bridgehead atoms. The van der Waals surface area contributed by atoms with Gasteiger partial charge in [0.25, 0.3) is 0 Å². The molecule has 0 saturated carbocycles. The Morgan fingerprint density at radius 2 is 2.21 bits per heavy atom. The Labute approximate surface area is 122 Å². The van der Waals surface area contributed by atoms with Gasteiger partial charge in [-0.3, -0.25) is 10.1 Å². The molecule has 0 aliphatic heterocycles. The van der Waals surface area contributed by atoms with Crippen molar-refractivity contribution >= 4 is 33.2 Å². The Morgan fingerprint density at radius 1 is 1.47 bits per heavy atom. The smallest absolute Gasteiger partial charge is 0.313 e. The summed E-state index contributed by atoms with van der Waals surface area (Å²) in [7, 11) is 0. The maximum absolute atomic E-state index is 10.9. The topological polar surface area (TPSA) is 65.3 Å². The Kier molecular flexibility index (Phi) is 4.01. The number of para-hydroxylation sites is 1. The first-order valence-electron chi connectivity index (χ1n) is 5.22. The largest absolute Gasteiger partial charge is 0.429 e. The summed E-state index contributed by atoms with van der Waals surface area (Å²) in [6.07, 6.45) is 1.60. The maximum Gasteiger partial charge on any atom is 0.313 e. The van der Waals surface area contributed by atoms with Crippen molar-refractivity contribution in [2.24, 2.45) is 0 Å². The molecule has 98 valence electrons. The molecule has 1 aromatic heterocycles. The summed E-state index contributed by atoms with van der Waals surface area (Å²) in [5, 5.41) is 11.1. The molecule has 5 nitrogen and oxygen atoms in total. The molecule has 0 amide bonds. The summed E-state index contributed by atoms with van der Waals surface area (Å²) in [5.41, 5.74) is 0.731. The molecular formula is C12H8BrClN2O3. The fraction of sp³-hybridized carbons (Fsp3) is 0.0833. The zero-order chi connectivity index (χ0) is 14.0. The van der Waals surface area contributed by atoms with Gasteiger partial charge in [0.15, 0.2) is 0 Å². The summed E-state index contributed by atoms with van der Waals surface area (Å²) in [6.45, 7) is 1.87. The van der Waals surface area contributed by atoms with Crippen LogP contribution < -0.4 is 4.74 Å². The first kappa shape index (κ1) is 13.8. The molecule has 0 N–H and O–H groups in total. The van der Waals surface area contributed by atoms with Crippen molar-refractivity contribution < 1.29 is 9.66 Å². The minimum atomic E-state index is -0.552. The van der Waals surface area contributed by atoms with Gasteiger partial charge in [-0.05, 0) is 40.5 Å². The van der Waals surface area contributed by atoms with Crippen LogP contribution in [0.1, 0.15) is 5.56 Å². The lowest BCUT2D eigenvalue weighted by Gasteiger charge is -2.08. The zero-order valence-corrected chi connectivity index (χ0v) is 12.1. The molecule has 0 radical (unpaired) electrons. The third-order valence-electron chi connectivity index (χ3n) is 2.29. The highest BCUT2D eigenvalue weighted by Crippen LogP contribution is 2.39. The van der Waals surface area contributed by atoms with Gasteiger partial charge in [-0.25, -0.2) is 4.98 Å². The van der Waals surface area contributed by atoms with Crippen molar-refractivity contribution in [1.82, 2.24) is 4.98 Å². The number of nitro benzene ring substituents is 1. The van der Waals surface area contributed by atoms with Gasteiger partial charge >= 0.3 is 5.69 Å². The second kappa shape index (κ2) is 5.54. The van der Waals surface area contributed by atoms with Crippen molar-refractivity contribution in [3.63, 3.8) is 0 Å². The van der Waals surface area contributed by atoms with E-state index in [9.17, 15) is 10.1 Å². The number of nitro groups is 1. The second-order valence-corrected chi connectivity index (χ2v) is 5.01. The number of nitrogens with zero attached hydrogens (tertiary/aromatic N) is 2. The van der Waals surface area contributed by atoms with E-state index in [4.69, 9.17) is 16.3 Å². The number of halogens is 2. The number of hydrogen-bond donors (Lipinski definition) is 0. The highest BCUT2D eigenvalue weighted by molar-refractivity contribution is 9.10. The second-order valence-electron chi connectivity index (χ2n) is 3.75. The third kappa shape index (κ3) is 3.02. The number of pyridine rings is 1. The quantitative estimate of drug-likeness (QED) is 0.607. The first-order chi connectivity index (χ1) is 8.99. The van der Waals surface area contributed by atoms with Crippen molar-refractivity contribution in [2.75, 3.05) is 0 Å². The lowest BCUT2D eigenvalue weighted by atomic mass is 10.3. The molecular weight excluding hydrogens is 335 g/mol. The molecule has 7 heteroatoms. The van der Waals surface area contributed by atoms with Gasteiger partial charge in [-0.2, -0.15) is 0 Å². The third-order valence-corrected chi connectivity index (χ3v) is 3.15. The highest BCUT2D eigenvalue weighted by Gasteiger charge is 2.20. The van der Waals surface area contributed by atoms with Gasteiger partial charge in [0, 0.05) is 12.3 Å². The standard InChI is InChI=1S/C12H8BrClN2O3/c1-7-5-8(13)12(15-6-7)19-11-9(14)3-2-4-10(11)16(17)18/h2-6H,1H3. The van der Waals surface area contributed by atoms with E-state index in [0.29, 0.717) is 4.47 Å². The molecule has 2 rings (SSSR count). The lowest BCUT2D eigenvalue weighted by Crippen LogP contribution is -1.96. The summed E-state index contributed by atoms with van der Waals surface area (Å²) in [4.78, 5) is 14.5. The summed E-state index contributed by atoms with van der Waals surface area (Å²) < 4.78 is 6.05. The highest BCUT2D eigenvalue weighted by atomic mass is 79.9. The van der Waals surface area contributed by atoms with E-state index in [-0.39, 0.29) is 22.3 Å². The average molecular weight is 344 g/mol. The van der Waals surface area contributed by atoms with Gasteiger partial charge in [-0.1, -0.05) is 17.7 Å². The van der Waals surface area contributed by atoms with Crippen LogP contribution in [0.4, 0.5) is 5.69 Å². The van der Waals surface area contributed by atoms with E-state index < -0.39 is 4.92 Å². The van der Waals surface area contributed by atoms with Crippen LogP contribution in [0.3, 0.4) is 0 Å². The van der Waals surface area contributed by atoms with E-state index >= 15 is 0 Å². The van der Waals surface area contributed by atoms with E-state index in [1.54, 1.807) is 12.3 Å². The van der Waals surface area contributed by atoms with Crippen LogP contribution in [0.2, 0.25) is 5.02 Å². The Balaban J connectivity index is 2.46. The number of ether oxygens (including phenoxy) is 1. The van der Waals surface area contributed by atoms with E-state index in [1.807, 2.05) is 6.92 Å². The van der Waals surface area contributed by atoms with Gasteiger partial charge in [-0.15, -0.1) is 0 Å². The van der Waals surface area contributed by atoms with Gasteiger partial charge in [0.05, 0.1) is 14.4 Å². The minimum absolute atomic E-state index is 0.0220. The van der Waals surface area contributed by atoms with E-state index in [2.05, 4.69) is 20.9 Å². The maximum atomic E-state index is 10.9. The number of hydrogen-bond acceptors (Lipinski definition) is 4. The molecule has 0 fully saturated rings. The first-order valence-corrected chi connectivity index (χ1v) is 6.39. The minimum Gasteiger partial charge on any atom is -0.429 e. The van der Waals surface area contributed by atoms with Crippen molar-refractivity contribution in [2.45, 2.75) is 6.92 Å². The molecule has 2 aromatic rings. The van der Waals surface area contributed by atoms with Crippen LogP contribution in [0.25, 0.3) is 0 Å². The van der Waals surface area contributed by atoms with Crippen molar-refractivity contribution in [3.05, 3.63) is 55.6 Å². The van der Waals surface area contributed by atoms with Crippen LogP contribution in [0, 0.1) is 17.0 Å². The van der Waals surface area contributed by atoms with Crippen molar-refractivity contribution in [1.29, 1.82) is 0 Å². The normalized spacial score (nSPS) is 10.3. The number of aromatic nitrogens is 1.